The first-order valence-corrected chi connectivity index (χ1v) is 8.14. The highest BCUT2D eigenvalue weighted by atomic mass is 16.2. The maximum atomic E-state index is 12.3. The molecule has 0 atom stereocenters. The first-order chi connectivity index (χ1) is 12.0. The van der Waals surface area contributed by atoms with Crippen molar-refractivity contribution in [3.05, 3.63) is 47.5 Å². The van der Waals surface area contributed by atoms with E-state index in [1.54, 1.807) is 0 Å². The molecule has 0 saturated heterocycles. The molecule has 3 rings (SSSR count). The summed E-state index contributed by atoms with van der Waals surface area (Å²) >= 11 is 0. The van der Waals surface area contributed by atoms with Crippen LogP contribution >= 0.6 is 0 Å². The largest absolute Gasteiger partial charge is 0.350 e. The molecule has 0 unspecified atom stereocenters. The minimum Gasteiger partial charge on any atom is -0.350 e. The highest BCUT2D eigenvalue weighted by Crippen LogP contribution is 2.21. The summed E-state index contributed by atoms with van der Waals surface area (Å²) in [4.78, 5) is 22.8. The van der Waals surface area contributed by atoms with Crippen LogP contribution in [-0.4, -0.2) is 39.2 Å². The number of fused-ring (bicyclic) bond motifs is 1. The Balaban J connectivity index is 1.68. The number of hydrogen-bond donors (Lipinski definition) is 1. The maximum absolute atomic E-state index is 12.3. The van der Waals surface area contributed by atoms with E-state index in [-0.39, 0.29) is 12.5 Å². The van der Waals surface area contributed by atoms with Crippen molar-refractivity contribution >= 4 is 22.6 Å². The normalized spacial score (nSPS) is 10.9. The maximum Gasteiger partial charge on any atom is 0.239 e. The summed E-state index contributed by atoms with van der Waals surface area (Å²) in [5.74, 6) is 0.683. The van der Waals surface area contributed by atoms with Crippen molar-refractivity contribution in [1.29, 1.82) is 0 Å². The van der Waals surface area contributed by atoms with Gasteiger partial charge in [0.1, 0.15) is 12.1 Å². The van der Waals surface area contributed by atoms with Crippen molar-refractivity contribution in [2.75, 3.05) is 18.5 Å². The predicted octanol–water partition coefficient (Wildman–Crippen LogP) is 1.73. The lowest BCUT2D eigenvalue weighted by molar-refractivity contribution is -0.119. The fourth-order valence-corrected chi connectivity index (χ4v) is 2.90. The van der Waals surface area contributed by atoms with Gasteiger partial charge in [-0.1, -0.05) is 12.1 Å². The van der Waals surface area contributed by atoms with Crippen LogP contribution in [0.3, 0.4) is 0 Å². The van der Waals surface area contributed by atoms with Gasteiger partial charge in [0.25, 0.3) is 0 Å². The third-order valence-corrected chi connectivity index (χ3v) is 4.39. The quantitative estimate of drug-likeness (QED) is 0.767. The minimum atomic E-state index is -0.0622. The lowest BCUT2D eigenvalue weighted by Crippen LogP contribution is -2.35. The van der Waals surface area contributed by atoms with Gasteiger partial charge >= 0.3 is 0 Å². The van der Waals surface area contributed by atoms with Crippen LogP contribution in [0.25, 0.3) is 10.9 Å². The molecule has 130 valence electrons. The molecular weight excluding hydrogens is 316 g/mol. The van der Waals surface area contributed by atoms with Gasteiger partial charge in [0.05, 0.1) is 17.8 Å². The average Bonchev–Trinajstić information content (AvgIpc) is 2.84. The zero-order valence-corrected chi connectivity index (χ0v) is 14.9. The van der Waals surface area contributed by atoms with E-state index in [0.29, 0.717) is 6.54 Å². The molecular formula is C18H22N6O. The Hall–Kier alpha value is -2.96. The summed E-state index contributed by atoms with van der Waals surface area (Å²) in [7, 11) is 3.76. The summed E-state index contributed by atoms with van der Waals surface area (Å²) in [6.07, 6.45) is 1.52. The van der Waals surface area contributed by atoms with E-state index in [0.717, 1.165) is 33.7 Å². The molecule has 0 spiro atoms. The van der Waals surface area contributed by atoms with Gasteiger partial charge in [-0.25, -0.2) is 9.97 Å². The van der Waals surface area contributed by atoms with Crippen LogP contribution < -0.4 is 10.2 Å². The number of carbonyl (C=O) groups is 1. The molecule has 0 fully saturated rings. The van der Waals surface area contributed by atoms with Gasteiger partial charge in [0.15, 0.2) is 0 Å². The average molecular weight is 338 g/mol. The summed E-state index contributed by atoms with van der Waals surface area (Å²) in [6, 6.07) is 7.77. The lowest BCUT2D eigenvalue weighted by Gasteiger charge is -2.19. The molecule has 1 N–H and O–H groups in total. The molecule has 1 amide bonds. The van der Waals surface area contributed by atoms with Crippen LogP contribution in [0.15, 0.2) is 30.6 Å². The number of amides is 1. The van der Waals surface area contributed by atoms with Gasteiger partial charge in [0, 0.05) is 37.3 Å². The van der Waals surface area contributed by atoms with Gasteiger partial charge in [-0.3, -0.25) is 9.48 Å². The summed E-state index contributed by atoms with van der Waals surface area (Å²) in [5.41, 5.74) is 3.93. The van der Waals surface area contributed by atoms with Crippen molar-refractivity contribution in [2.45, 2.75) is 20.4 Å². The number of nitrogens with one attached hydrogen (secondary N) is 1. The first kappa shape index (κ1) is 16.9. The van der Waals surface area contributed by atoms with Crippen LogP contribution in [0.5, 0.6) is 0 Å². The monoisotopic (exact) mass is 338 g/mol. The SMILES string of the molecule is Cc1nn(C)c(C)c1CNC(=O)CN(C)c1ncnc2ccccc12. The van der Waals surface area contributed by atoms with E-state index in [1.807, 2.05) is 61.8 Å². The predicted molar refractivity (Wildman–Crippen MR) is 97.3 cm³/mol. The fraction of sp³-hybridized carbons (Fsp3) is 0.333. The Labute approximate surface area is 146 Å². The molecule has 0 radical (unpaired) electrons. The molecule has 0 aliphatic rings. The number of benzene rings is 1. The number of aryl methyl sites for hydroxylation is 2. The second-order valence-corrected chi connectivity index (χ2v) is 6.12. The number of carbonyl (C=O) groups excluding carboxylic acids is 1. The molecule has 25 heavy (non-hydrogen) atoms. The molecule has 3 aromatic rings. The van der Waals surface area contributed by atoms with Crippen molar-refractivity contribution in [3.63, 3.8) is 0 Å². The standard InChI is InChI=1S/C18H22N6O/c1-12-15(13(2)24(4)22-12)9-19-17(25)10-23(3)18-14-7-5-6-8-16(14)20-11-21-18/h5-8,11H,9-10H2,1-4H3,(H,19,25). The van der Waals surface area contributed by atoms with Gasteiger partial charge in [0.2, 0.25) is 5.91 Å². The Morgan fingerprint density at radius 3 is 2.72 bits per heavy atom. The van der Waals surface area contributed by atoms with Gasteiger partial charge in [-0.2, -0.15) is 5.10 Å². The van der Waals surface area contributed by atoms with Crippen molar-refractivity contribution in [3.8, 4) is 0 Å². The third-order valence-electron chi connectivity index (χ3n) is 4.39. The number of rotatable bonds is 5. The minimum absolute atomic E-state index is 0.0622. The molecule has 0 bridgehead atoms. The molecule has 2 heterocycles. The number of para-hydroxylation sites is 1. The second-order valence-electron chi connectivity index (χ2n) is 6.12. The smallest absolute Gasteiger partial charge is 0.239 e. The number of hydrogen-bond acceptors (Lipinski definition) is 5. The molecule has 0 aliphatic heterocycles. The van der Waals surface area contributed by atoms with Gasteiger partial charge < -0.3 is 10.2 Å². The van der Waals surface area contributed by atoms with Crippen molar-refractivity contribution in [2.24, 2.45) is 7.05 Å². The van der Waals surface area contributed by atoms with E-state index in [2.05, 4.69) is 20.4 Å². The molecule has 0 saturated carbocycles. The van der Waals surface area contributed by atoms with E-state index in [9.17, 15) is 4.79 Å². The van der Waals surface area contributed by atoms with Crippen LogP contribution in [0, 0.1) is 13.8 Å². The Bertz CT molecular complexity index is 912. The second kappa shape index (κ2) is 6.88. The molecule has 0 aliphatic carbocycles. The van der Waals surface area contributed by atoms with Crippen molar-refractivity contribution < 1.29 is 4.79 Å². The van der Waals surface area contributed by atoms with Gasteiger partial charge in [-0.05, 0) is 26.0 Å². The highest BCUT2D eigenvalue weighted by Gasteiger charge is 2.14. The molecule has 7 heteroatoms. The molecule has 7 nitrogen and oxygen atoms in total. The van der Waals surface area contributed by atoms with Gasteiger partial charge in [-0.15, -0.1) is 0 Å². The van der Waals surface area contributed by atoms with E-state index in [4.69, 9.17) is 0 Å². The first-order valence-electron chi connectivity index (χ1n) is 8.14. The zero-order valence-electron chi connectivity index (χ0n) is 14.9. The van der Waals surface area contributed by atoms with Crippen molar-refractivity contribution in [1.82, 2.24) is 25.1 Å². The zero-order chi connectivity index (χ0) is 18.0. The summed E-state index contributed by atoms with van der Waals surface area (Å²) in [5, 5.41) is 8.26. The van der Waals surface area contributed by atoms with E-state index in [1.165, 1.54) is 6.33 Å². The summed E-state index contributed by atoms with van der Waals surface area (Å²) in [6.45, 7) is 4.65. The summed E-state index contributed by atoms with van der Waals surface area (Å²) < 4.78 is 1.83. The molecule has 2 aromatic heterocycles. The number of nitrogens with zero attached hydrogens (tertiary/aromatic N) is 5. The number of aromatic nitrogens is 4. The number of likely N-dealkylation sites (N-methyl/N-ethyl adjacent to an activating group) is 1. The van der Waals surface area contributed by atoms with Crippen LogP contribution in [0.1, 0.15) is 17.0 Å². The lowest BCUT2D eigenvalue weighted by atomic mass is 10.2. The Kier molecular flexibility index (Phi) is 4.65. The Morgan fingerprint density at radius 2 is 2.00 bits per heavy atom. The fourth-order valence-electron chi connectivity index (χ4n) is 2.90. The Morgan fingerprint density at radius 1 is 1.24 bits per heavy atom. The highest BCUT2D eigenvalue weighted by molar-refractivity contribution is 5.91. The van der Waals surface area contributed by atoms with E-state index >= 15 is 0 Å². The topological polar surface area (TPSA) is 75.9 Å². The number of anilines is 1. The molecule has 1 aromatic carbocycles. The van der Waals surface area contributed by atoms with E-state index < -0.39 is 0 Å². The van der Waals surface area contributed by atoms with Crippen LogP contribution in [-0.2, 0) is 18.4 Å². The van der Waals surface area contributed by atoms with Crippen LogP contribution in [0.2, 0.25) is 0 Å². The third kappa shape index (κ3) is 3.45. The van der Waals surface area contributed by atoms with Crippen LogP contribution in [0.4, 0.5) is 5.82 Å².